The van der Waals surface area contributed by atoms with Crippen LogP contribution in [0.15, 0.2) is 75.3 Å². The normalized spacial score (nSPS) is 23.3. The number of ether oxygens (including phenoxy) is 1. The molecular formula is C48H47F2N11O5. The van der Waals surface area contributed by atoms with Gasteiger partial charge < -0.3 is 14.2 Å². The minimum atomic E-state index is -0.887. The summed E-state index contributed by atoms with van der Waals surface area (Å²) < 4.78 is 50.4. The first kappa shape index (κ1) is 40.6. The summed E-state index contributed by atoms with van der Waals surface area (Å²) in [6.45, 7) is 10.2. The zero-order valence-corrected chi connectivity index (χ0v) is 37.3. The molecule has 0 spiro atoms. The van der Waals surface area contributed by atoms with Gasteiger partial charge in [-0.25, -0.2) is 23.1 Å². The molecule has 2 aromatic carbocycles. The number of imidazole rings is 1. The van der Waals surface area contributed by atoms with Crippen molar-refractivity contribution in [3.63, 3.8) is 0 Å². The quantitative estimate of drug-likeness (QED) is 0.178. The minimum absolute atomic E-state index is 0.0203. The summed E-state index contributed by atoms with van der Waals surface area (Å²) in [7, 11) is 1.72. The number of nitrogens with zero attached hydrogens (tertiary/aromatic N) is 10. The molecule has 18 heteroatoms. The van der Waals surface area contributed by atoms with Crippen LogP contribution in [0.2, 0.25) is 0 Å². The molecule has 3 aliphatic heterocycles. The second kappa shape index (κ2) is 14.0. The van der Waals surface area contributed by atoms with Crippen LogP contribution < -0.4 is 11.4 Å². The fraction of sp³-hybridized carbons (Fsp3) is 0.396. The molecule has 1 aliphatic carbocycles. The number of H-pyrrole nitrogens is 1. The number of carbonyl (C=O) groups excluding carboxylic acids is 1. The first-order valence-electron chi connectivity index (χ1n) is 22.5. The van der Waals surface area contributed by atoms with Gasteiger partial charge >= 0.3 is 11.4 Å². The molecule has 338 valence electrons. The lowest BCUT2D eigenvalue weighted by molar-refractivity contribution is -0.0597. The highest BCUT2D eigenvalue weighted by Crippen LogP contribution is 2.56. The number of halogens is 2. The van der Waals surface area contributed by atoms with E-state index in [2.05, 4.69) is 42.1 Å². The van der Waals surface area contributed by atoms with Gasteiger partial charge in [0.25, 0.3) is 5.91 Å². The molecule has 8 aromatic rings. The van der Waals surface area contributed by atoms with E-state index in [9.17, 15) is 9.59 Å². The van der Waals surface area contributed by atoms with Gasteiger partial charge in [0.15, 0.2) is 11.6 Å². The average molecular weight is 896 g/mol. The van der Waals surface area contributed by atoms with Crippen molar-refractivity contribution >= 4 is 27.7 Å². The van der Waals surface area contributed by atoms with Gasteiger partial charge in [0.1, 0.15) is 22.9 Å². The molecule has 1 saturated carbocycles. The van der Waals surface area contributed by atoms with Gasteiger partial charge in [0.2, 0.25) is 0 Å². The number of benzene rings is 2. The number of amides is 1. The van der Waals surface area contributed by atoms with Gasteiger partial charge in [-0.05, 0) is 113 Å². The number of hydrogen-bond donors (Lipinski definition) is 1. The predicted molar refractivity (Wildman–Crippen MR) is 238 cm³/mol. The number of rotatable bonds is 7. The summed E-state index contributed by atoms with van der Waals surface area (Å²) in [5.41, 5.74) is 3.69. The molecule has 0 radical (unpaired) electrons. The highest BCUT2D eigenvalue weighted by Gasteiger charge is 2.60. The lowest BCUT2D eigenvalue weighted by Gasteiger charge is -2.35. The van der Waals surface area contributed by atoms with Crippen LogP contribution >= 0.6 is 0 Å². The lowest BCUT2D eigenvalue weighted by atomic mass is 9.86. The van der Waals surface area contributed by atoms with Crippen molar-refractivity contribution in [3.8, 4) is 17.2 Å². The van der Waals surface area contributed by atoms with Gasteiger partial charge in [0.05, 0.1) is 57.5 Å². The molecule has 0 unspecified atom stereocenters. The topological polar surface area (TPSA) is 169 Å². The van der Waals surface area contributed by atoms with E-state index < -0.39 is 28.8 Å². The van der Waals surface area contributed by atoms with E-state index in [0.717, 1.165) is 29.4 Å². The average Bonchev–Trinajstić information content (AvgIpc) is 3.99. The molecule has 6 aromatic heterocycles. The number of hydrogen-bond acceptors (Lipinski definition) is 9. The second-order valence-corrected chi connectivity index (χ2v) is 19.4. The van der Waals surface area contributed by atoms with E-state index in [-0.39, 0.29) is 46.3 Å². The fourth-order valence-corrected chi connectivity index (χ4v) is 11.5. The Morgan fingerprint density at radius 2 is 1.71 bits per heavy atom. The maximum absolute atomic E-state index is 16.2. The molecular weight excluding hydrogens is 849 g/mol. The number of aryl methyl sites for hydroxylation is 3. The molecule has 2 bridgehead atoms. The van der Waals surface area contributed by atoms with Gasteiger partial charge in [-0.15, -0.1) is 0 Å². The van der Waals surface area contributed by atoms with Crippen LogP contribution in [-0.4, -0.2) is 77.4 Å². The zero-order valence-electron chi connectivity index (χ0n) is 37.3. The van der Waals surface area contributed by atoms with E-state index in [1.165, 1.54) is 21.5 Å². The summed E-state index contributed by atoms with van der Waals surface area (Å²) in [6, 6.07) is 9.89. The molecule has 3 fully saturated rings. The van der Waals surface area contributed by atoms with E-state index in [1.807, 2.05) is 21.7 Å². The van der Waals surface area contributed by atoms with Crippen LogP contribution in [0.1, 0.15) is 109 Å². The standard InChI is InChI=1S/C48H47F2N11O5/c1-24-15-30(16-25(2)40(24)49)61-42(58-13-12-57(46(58)64)36-10-9-34-31(41(36)50)22-52-56(34)6)39-33(54-61)19-29-7-8-35(39)59(29)43(62)37-18-28-17-32(27-11-14-65-47(4,5)21-27)51-23-38(28)60(37)48(20-26(48)3)44-53-45(63)66-55-44/h9-10,12-13,15-18,22-23,26-27,29,35H,7-8,11,14,19-21H2,1-6H3,(H,53,55,63)/t26-,27+,29+,35-,48-/m0/s1. The van der Waals surface area contributed by atoms with Gasteiger partial charge in [-0.3, -0.25) is 33.1 Å². The van der Waals surface area contributed by atoms with Crippen molar-refractivity contribution in [2.75, 3.05) is 6.61 Å². The van der Waals surface area contributed by atoms with Crippen LogP contribution in [0.4, 0.5) is 8.78 Å². The maximum Gasteiger partial charge on any atom is 0.438 e. The van der Waals surface area contributed by atoms with Gasteiger partial charge in [-0.1, -0.05) is 12.1 Å². The second-order valence-electron chi connectivity index (χ2n) is 19.4. The first-order valence-corrected chi connectivity index (χ1v) is 22.5. The lowest BCUT2D eigenvalue weighted by Crippen LogP contribution is -2.43. The Morgan fingerprint density at radius 3 is 2.44 bits per heavy atom. The predicted octanol–water partition coefficient (Wildman–Crippen LogP) is 6.98. The Bertz CT molecular complexity index is 3450. The van der Waals surface area contributed by atoms with Crippen LogP contribution in [-0.2, 0) is 23.7 Å². The third kappa shape index (κ3) is 5.78. The summed E-state index contributed by atoms with van der Waals surface area (Å²) in [6.07, 6.45) is 10.2. The number of aromatic amines is 1. The number of aromatic nitrogens is 10. The first-order chi connectivity index (χ1) is 31.6. The SMILES string of the molecule is Cc1cc(-n2nc3c(c2-n2ccn(-c4ccc5c(cnn5C)c4F)c2=O)[C@@H]2CC[C@H](C3)N2C(=O)c2cc3cc([C@@H]4CCOC(C)(C)C4)ncc3n2[C@@]2(c3noc(=O)[nH]3)C[C@@H]2C)cc(C)c1F. The van der Waals surface area contributed by atoms with Crippen molar-refractivity contribution < 1.29 is 22.8 Å². The van der Waals surface area contributed by atoms with E-state index in [4.69, 9.17) is 19.3 Å². The molecule has 66 heavy (non-hydrogen) atoms. The van der Waals surface area contributed by atoms with Crippen LogP contribution in [0.25, 0.3) is 39.0 Å². The molecule has 4 aliphatic rings. The minimum Gasteiger partial charge on any atom is -0.376 e. The van der Waals surface area contributed by atoms with E-state index in [1.54, 1.807) is 60.7 Å². The smallest absolute Gasteiger partial charge is 0.376 e. The maximum atomic E-state index is 16.2. The fourth-order valence-electron chi connectivity index (χ4n) is 11.5. The largest absolute Gasteiger partial charge is 0.438 e. The molecule has 2 saturated heterocycles. The van der Waals surface area contributed by atoms with Crippen LogP contribution in [0.3, 0.4) is 0 Å². The summed E-state index contributed by atoms with van der Waals surface area (Å²) in [5.74, 6) is -0.993. The number of fused-ring (bicyclic) bond motifs is 6. The Hall–Kier alpha value is -6.95. The molecule has 16 nitrogen and oxygen atoms in total. The Kier molecular flexibility index (Phi) is 8.62. The number of carbonyl (C=O) groups is 1. The highest BCUT2D eigenvalue weighted by atomic mass is 19.1. The zero-order chi connectivity index (χ0) is 45.7. The van der Waals surface area contributed by atoms with Gasteiger partial charge in [-0.2, -0.15) is 10.2 Å². The number of nitrogens with one attached hydrogen (secondary N) is 1. The van der Waals surface area contributed by atoms with E-state index in [0.29, 0.717) is 83.2 Å². The van der Waals surface area contributed by atoms with Crippen molar-refractivity contribution in [3.05, 3.63) is 133 Å². The molecule has 1 amide bonds. The third-order valence-corrected chi connectivity index (χ3v) is 14.8. The Labute approximate surface area is 375 Å². The van der Waals surface area contributed by atoms with Crippen molar-refractivity contribution in [2.24, 2.45) is 13.0 Å². The summed E-state index contributed by atoms with van der Waals surface area (Å²) in [4.78, 5) is 52.7. The Balaban J connectivity index is 1.02. The molecule has 1 N–H and O–H groups in total. The third-order valence-electron chi connectivity index (χ3n) is 14.8. The molecule has 5 atom stereocenters. The van der Waals surface area contributed by atoms with E-state index >= 15 is 13.6 Å². The molecule has 9 heterocycles. The number of pyridine rings is 1. The highest BCUT2D eigenvalue weighted by molar-refractivity contribution is 6.00. The summed E-state index contributed by atoms with van der Waals surface area (Å²) >= 11 is 0. The monoisotopic (exact) mass is 895 g/mol. The van der Waals surface area contributed by atoms with Crippen molar-refractivity contribution in [2.45, 2.75) is 102 Å². The summed E-state index contributed by atoms with van der Waals surface area (Å²) in [5, 5.41) is 14.6. The molecule has 12 rings (SSSR count). The van der Waals surface area contributed by atoms with Crippen LogP contribution in [0.5, 0.6) is 0 Å². The van der Waals surface area contributed by atoms with Crippen LogP contribution in [0, 0.1) is 31.4 Å². The van der Waals surface area contributed by atoms with Gasteiger partial charge in [0, 0.05) is 61.1 Å². The Morgan fingerprint density at radius 1 is 0.939 bits per heavy atom. The van der Waals surface area contributed by atoms with Crippen molar-refractivity contribution in [1.82, 2.24) is 53.3 Å². The van der Waals surface area contributed by atoms with Crippen molar-refractivity contribution in [1.29, 1.82) is 0 Å².